The van der Waals surface area contributed by atoms with Crippen LogP contribution in [-0.2, 0) is 4.79 Å². The van der Waals surface area contributed by atoms with Crippen molar-refractivity contribution in [3.63, 3.8) is 0 Å². The third-order valence-electron chi connectivity index (χ3n) is 1.79. The summed E-state index contributed by atoms with van der Waals surface area (Å²) in [4.78, 5) is 38.3. The van der Waals surface area contributed by atoms with Gasteiger partial charge in [-0.15, -0.1) is 0 Å². The van der Waals surface area contributed by atoms with Gasteiger partial charge in [-0.25, -0.2) is 9.78 Å². The summed E-state index contributed by atoms with van der Waals surface area (Å²) in [6.45, 7) is 1.26. The number of nitrogens with zero attached hydrogens (tertiary/aromatic N) is 1. The van der Waals surface area contributed by atoms with Crippen LogP contribution in [0.3, 0.4) is 0 Å². The summed E-state index contributed by atoms with van der Waals surface area (Å²) in [5, 5.41) is 19.3. The molecule has 8 heteroatoms. The summed E-state index contributed by atoms with van der Waals surface area (Å²) in [6.07, 6.45) is 1.05. The van der Waals surface area contributed by atoms with Crippen molar-refractivity contribution in [3.05, 3.63) is 17.7 Å². The van der Waals surface area contributed by atoms with Crippen LogP contribution in [0, 0.1) is 0 Å². The van der Waals surface area contributed by atoms with E-state index in [9.17, 15) is 14.4 Å². The Hall–Kier alpha value is -2.38. The van der Waals surface area contributed by atoms with Gasteiger partial charge in [0.05, 0.1) is 6.33 Å². The van der Waals surface area contributed by atoms with Crippen LogP contribution < -0.4 is 5.32 Å². The average Bonchev–Trinajstić information content (AvgIpc) is 2.65. The van der Waals surface area contributed by atoms with E-state index < -0.39 is 23.9 Å². The van der Waals surface area contributed by atoms with Crippen molar-refractivity contribution < 1.29 is 24.6 Å². The molecule has 1 amide bonds. The van der Waals surface area contributed by atoms with Crippen LogP contribution in [0.1, 0.15) is 27.9 Å². The molecule has 0 aliphatic carbocycles. The minimum absolute atomic E-state index is 0.347. The van der Waals surface area contributed by atoms with Crippen molar-refractivity contribution in [2.45, 2.75) is 13.0 Å². The SMILES string of the molecule is CC(NC(=O)c1nc[nH]c1C(=O)O)C(=O)O. The van der Waals surface area contributed by atoms with Gasteiger partial charge in [-0.05, 0) is 6.92 Å². The van der Waals surface area contributed by atoms with E-state index in [4.69, 9.17) is 10.2 Å². The summed E-state index contributed by atoms with van der Waals surface area (Å²) in [7, 11) is 0. The lowest BCUT2D eigenvalue weighted by molar-refractivity contribution is -0.138. The number of carbonyl (C=O) groups is 3. The van der Waals surface area contributed by atoms with E-state index in [1.807, 2.05) is 0 Å². The number of rotatable bonds is 4. The van der Waals surface area contributed by atoms with E-state index >= 15 is 0 Å². The first-order valence-electron chi connectivity index (χ1n) is 4.23. The Balaban J connectivity index is 2.85. The van der Waals surface area contributed by atoms with Crippen LogP contribution in [0.2, 0.25) is 0 Å². The minimum Gasteiger partial charge on any atom is -0.480 e. The zero-order valence-electron chi connectivity index (χ0n) is 8.22. The minimum atomic E-state index is -1.34. The number of amides is 1. The number of aromatic amines is 1. The zero-order valence-corrected chi connectivity index (χ0v) is 8.22. The average molecular weight is 227 g/mol. The largest absolute Gasteiger partial charge is 0.480 e. The molecule has 0 spiro atoms. The Morgan fingerprint density at radius 2 is 2.06 bits per heavy atom. The van der Waals surface area contributed by atoms with Gasteiger partial charge in [-0.2, -0.15) is 0 Å². The van der Waals surface area contributed by atoms with E-state index in [1.165, 1.54) is 6.92 Å². The van der Waals surface area contributed by atoms with Gasteiger partial charge in [0, 0.05) is 0 Å². The van der Waals surface area contributed by atoms with Crippen molar-refractivity contribution >= 4 is 17.8 Å². The molecule has 0 aliphatic heterocycles. The van der Waals surface area contributed by atoms with E-state index in [0.29, 0.717) is 0 Å². The molecule has 0 aliphatic rings. The molecule has 0 radical (unpaired) electrons. The third-order valence-corrected chi connectivity index (χ3v) is 1.79. The molecule has 16 heavy (non-hydrogen) atoms. The quantitative estimate of drug-likeness (QED) is 0.538. The van der Waals surface area contributed by atoms with Crippen molar-refractivity contribution in [3.8, 4) is 0 Å². The van der Waals surface area contributed by atoms with Crippen molar-refractivity contribution in [2.24, 2.45) is 0 Å². The molecule has 0 saturated heterocycles. The zero-order chi connectivity index (χ0) is 12.3. The summed E-state index contributed by atoms with van der Waals surface area (Å²) < 4.78 is 0. The molecule has 1 heterocycles. The second kappa shape index (κ2) is 4.43. The van der Waals surface area contributed by atoms with Gasteiger partial charge < -0.3 is 20.5 Å². The lowest BCUT2D eigenvalue weighted by Crippen LogP contribution is -2.39. The number of H-pyrrole nitrogens is 1. The standard InChI is InChI=1S/C8H9N3O5/c1-3(7(13)14)11-6(12)4-5(8(15)16)10-2-9-4/h2-3H,1H3,(H,9,10)(H,11,12)(H,13,14)(H,15,16). The van der Waals surface area contributed by atoms with Crippen LogP contribution in [0.15, 0.2) is 6.33 Å². The normalized spacial score (nSPS) is 11.8. The number of aromatic nitrogens is 2. The van der Waals surface area contributed by atoms with E-state index in [1.54, 1.807) is 0 Å². The molecule has 1 unspecified atom stereocenters. The highest BCUT2D eigenvalue weighted by molar-refractivity contribution is 6.03. The molecule has 1 atom stereocenters. The topological polar surface area (TPSA) is 132 Å². The second-order valence-corrected chi connectivity index (χ2v) is 2.96. The third kappa shape index (κ3) is 2.35. The smallest absolute Gasteiger partial charge is 0.354 e. The molecule has 0 aromatic carbocycles. The number of hydrogen-bond donors (Lipinski definition) is 4. The van der Waals surface area contributed by atoms with E-state index in [-0.39, 0.29) is 11.4 Å². The van der Waals surface area contributed by atoms with Gasteiger partial charge >= 0.3 is 11.9 Å². The lowest BCUT2D eigenvalue weighted by Gasteiger charge is -2.07. The first-order valence-corrected chi connectivity index (χ1v) is 4.23. The highest BCUT2D eigenvalue weighted by atomic mass is 16.4. The van der Waals surface area contributed by atoms with Gasteiger partial charge in [0.1, 0.15) is 6.04 Å². The molecule has 4 N–H and O–H groups in total. The summed E-state index contributed by atoms with van der Waals surface area (Å²) >= 11 is 0. The fourth-order valence-electron chi connectivity index (χ4n) is 0.956. The molecule has 1 rings (SSSR count). The Kier molecular flexibility index (Phi) is 3.24. The highest BCUT2D eigenvalue weighted by Crippen LogP contribution is 2.02. The molecule has 1 aromatic rings. The monoisotopic (exact) mass is 227 g/mol. The lowest BCUT2D eigenvalue weighted by atomic mass is 10.2. The maximum absolute atomic E-state index is 11.4. The molecule has 1 aromatic heterocycles. The first kappa shape index (κ1) is 11.7. The Labute approximate surface area is 89.3 Å². The van der Waals surface area contributed by atoms with Crippen molar-refractivity contribution in [1.82, 2.24) is 15.3 Å². The predicted octanol–water partition coefficient (Wildman–Crippen LogP) is -0.689. The van der Waals surface area contributed by atoms with Gasteiger partial charge in [0.25, 0.3) is 5.91 Å². The number of aliphatic carboxylic acids is 1. The molecular weight excluding hydrogens is 218 g/mol. The number of imidazole rings is 1. The van der Waals surface area contributed by atoms with Gasteiger partial charge in [0.2, 0.25) is 0 Å². The van der Waals surface area contributed by atoms with Crippen LogP contribution in [0.4, 0.5) is 0 Å². The number of carbonyl (C=O) groups excluding carboxylic acids is 1. The Bertz CT molecular complexity index is 439. The van der Waals surface area contributed by atoms with Gasteiger partial charge in [-0.3, -0.25) is 9.59 Å². The Morgan fingerprint density at radius 3 is 2.56 bits per heavy atom. The van der Waals surface area contributed by atoms with Crippen LogP contribution in [-0.4, -0.2) is 44.1 Å². The van der Waals surface area contributed by atoms with Crippen LogP contribution in [0.5, 0.6) is 0 Å². The number of carboxylic acids is 2. The molecule has 8 nitrogen and oxygen atoms in total. The van der Waals surface area contributed by atoms with Crippen molar-refractivity contribution in [1.29, 1.82) is 0 Å². The molecule has 0 saturated carbocycles. The number of nitrogens with one attached hydrogen (secondary N) is 2. The summed E-state index contributed by atoms with van der Waals surface area (Å²) in [6, 6.07) is -1.12. The van der Waals surface area contributed by atoms with Crippen molar-refractivity contribution in [2.75, 3.05) is 0 Å². The fourth-order valence-corrected chi connectivity index (χ4v) is 0.956. The van der Waals surface area contributed by atoms with Gasteiger partial charge in [-0.1, -0.05) is 0 Å². The highest BCUT2D eigenvalue weighted by Gasteiger charge is 2.22. The maximum Gasteiger partial charge on any atom is 0.354 e. The maximum atomic E-state index is 11.4. The number of carboxylic acid groups (broad SMARTS) is 2. The van der Waals surface area contributed by atoms with Gasteiger partial charge in [0.15, 0.2) is 11.4 Å². The predicted molar refractivity (Wildman–Crippen MR) is 50.1 cm³/mol. The first-order chi connectivity index (χ1) is 7.43. The molecular formula is C8H9N3O5. The Morgan fingerprint density at radius 1 is 1.44 bits per heavy atom. The summed E-state index contributed by atoms with van der Waals surface area (Å²) in [5.41, 5.74) is -0.726. The number of aromatic carboxylic acids is 1. The number of hydrogen-bond acceptors (Lipinski definition) is 4. The fraction of sp³-hybridized carbons (Fsp3) is 0.250. The molecule has 0 fully saturated rings. The van der Waals surface area contributed by atoms with Crippen LogP contribution >= 0.6 is 0 Å². The molecule has 86 valence electrons. The van der Waals surface area contributed by atoms with E-state index in [0.717, 1.165) is 6.33 Å². The molecule has 0 bridgehead atoms. The second-order valence-electron chi connectivity index (χ2n) is 2.96. The van der Waals surface area contributed by atoms with Crippen LogP contribution in [0.25, 0.3) is 0 Å². The summed E-state index contributed by atoms with van der Waals surface area (Å²) in [5.74, 6) is -3.42. The van der Waals surface area contributed by atoms with E-state index in [2.05, 4.69) is 15.3 Å².